The first-order valence-corrected chi connectivity index (χ1v) is 42.0. The molecule has 0 radical (unpaired) electrons. The van der Waals surface area contributed by atoms with Crippen molar-refractivity contribution < 1.29 is 0 Å². The summed E-state index contributed by atoms with van der Waals surface area (Å²) in [7, 11) is 0. The van der Waals surface area contributed by atoms with Crippen molar-refractivity contribution in [1.29, 1.82) is 0 Å². The fraction of sp³-hybridized carbons (Fsp3) is 0. The molecule has 5 heterocycles. The average Bonchev–Trinajstić information content (AvgIpc) is 1.55. The van der Waals surface area contributed by atoms with Crippen LogP contribution < -0.4 is 19.6 Å². The van der Waals surface area contributed by atoms with E-state index >= 15 is 0 Å². The molecular formula is C108H72N6S3. The molecule has 0 N–H and O–H groups in total. The van der Waals surface area contributed by atoms with Gasteiger partial charge in [-0.3, -0.25) is 0 Å². The largest absolute Gasteiger partial charge is 0.310 e. The first-order valence-electron chi connectivity index (χ1n) is 39.6. The average molecular weight is 1550 g/mol. The van der Waals surface area contributed by atoms with Crippen molar-refractivity contribution in [2.45, 2.75) is 0 Å². The van der Waals surface area contributed by atoms with Gasteiger partial charge < -0.3 is 28.7 Å². The Morgan fingerprint density at radius 3 is 0.846 bits per heavy atom. The van der Waals surface area contributed by atoms with E-state index in [4.69, 9.17) is 0 Å². The predicted molar refractivity (Wildman–Crippen MR) is 504 cm³/mol. The standard InChI is InChI=1S/C54H35N3S2.C54H37N3S/c1-4-14-36(15-5-1)55(37-16-6-2-7-17-37)41-29-31-49-46(32-41)47-35-54-48(44-21-11-13-23-52(44)59-54)34-50(47)57(49)40-26-24-39(25-27-40)56(38-18-8-3-9-19-38)42-28-30-45-43-20-10-12-22-51(43)58-53(45)33-42;1-5-16-38(17-6-1)39-28-30-43(31-29-39)56(42-22-11-4-12-23-42)44-24-15-25-45(34-44)57-51-33-32-46(55(40-18-7-2-8-19-40)41-20-9-3-10-21-41)35-48(51)49-37-54-50(36-52(49)57)47-26-13-14-27-53(47)58-54/h1-35H;1-37H. The van der Waals surface area contributed by atoms with Crippen LogP contribution in [0.15, 0.2) is 437 Å². The number of anilines is 12. The van der Waals surface area contributed by atoms with Gasteiger partial charge in [-0.15, -0.1) is 34.0 Å². The number of hydrogen-bond donors (Lipinski definition) is 0. The second kappa shape index (κ2) is 29.4. The molecule has 117 heavy (non-hydrogen) atoms. The Hall–Kier alpha value is -14.6. The molecular weight excluding hydrogens is 1480 g/mol. The Morgan fingerprint density at radius 2 is 0.427 bits per heavy atom. The van der Waals surface area contributed by atoms with Crippen molar-refractivity contribution in [3.63, 3.8) is 0 Å². The minimum atomic E-state index is 1.09. The maximum Gasteiger partial charge on any atom is 0.0548 e. The van der Waals surface area contributed by atoms with Gasteiger partial charge in [-0.1, -0.05) is 218 Å². The number of aromatic nitrogens is 2. The van der Waals surface area contributed by atoms with Gasteiger partial charge in [0.25, 0.3) is 0 Å². The molecule has 0 amide bonds. The summed E-state index contributed by atoms with van der Waals surface area (Å²) in [6, 6.07) is 158. The topological polar surface area (TPSA) is 22.8 Å². The summed E-state index contributed by atoms with van der Waals surface area (Å²) < 4.78 is 12.7. The highest BCUT2D eigenvalue weighted by Gasteiger charge is 2.25. The molecule has 0 unspecified atom stereocenters. The van der Waals surface area contributed by atoms with E-state index in [1.165, 1.54) is 110 Å². The van der Waals surface area contributed by atoms with Crippen LogP contribution in [0.1, 0.15) is 0 Å². The van der Waals surface area contributed by atoms with Crippen molar-refractivity contribution in [2.24, 2.45) is 0 Å². The van der Waals surface area contributed by atoms with Crippen LogP contribution in [0, 0.1) is 0 Å². The van der Waals surface area contributed by atoms with Gasteiger partial charge in [-0.2, -0.15) is 0 Å². The maximum atomic E-state index is 2.46. The highest BCUT2D eigenvalue weighted by molar-refractivity contribution is 7.26. The first-order chi connectivity index (χ1) is 58.0. The van der Waals surface area contributed by atoms with Crippen LogP contribution >= 0.6 is 34.0 Å². The molecule has 18 aromatic carbocycles. The van der Waals surface area contributed by atoms with Crippen LogP contribution in [0.3, 0.4) is 0 Å². The SMILES string of the molecule is c1ccc(-c2ccc(N(c3ccccc3)c3cccc(-n4c5ccc(N(c6ccccc6)c6ccccc6)cc5c5cc6sc7ccccc7c6cc54)c3)cc2)cc1.c1ccc(N(c2ccc(-n3c4ccc(N(c5ccccc5)c5ccccc5)cc4c4cc5sc6ccccc6c5cc43)cc2)c2ccc3c(c2)sc2ccccc23)cc1. The predicted octanol–water partition coefficient (Wildman–Crippen LogP) is 32.2. The Morgan fingerprint density at radius 1 is 0.145 bits per heavy atom. The van der Waals surface area contributed by atoms with E-state index in [-0.39, 0.29) is 0 Å². The lowest BCUT2D eigenvalue weighted by Gasteiger charge is -2.26. The van der Waals surface area contributed by atoms with Crippen molar-refractivity contribution in [2.75, 3.05) is 19.6 Å². The summed E-state index contributed by atoms with van der Waals surface area (Å²) in [5, 5.41) is 12.7. The van der Waals surface area contributed by atoms with Crippen molar-refractivity contribution in [1.82, 2.24) is 9.13 Å². The monoisotopic (exact) mass is 1550 g/mol. The fourth-order valence-corrected chi connectivity index (χ4v) is 20.7. The summed E-state index contributed by atoms with van der Waals surface area (Å²) in [4.78, 5) is 9.42. The van der Waals surface area contributed by atoms with E-state index in [0.29, 0.717) is 0 Å². The minimum Gasteiger partial charge on any atom is -0.310 e. The molecule has 23 rings (SSSR count). The number of thiophene rings is 3. The lowest BCUT2D eigenvalue weighted by Crippen LogP contribution is -2.10. The zero-order valence-corrected chi connectivity index (χ0v) is 65.9. The lowest BCUT2D eigenvalue weighted by molar-refractivity contribution is 1.17. The molecule has 6 nitrogen and oxygen atoms in total. The maximum absolute atomic E-state index is 2.46. The molecule has 9 heteroatoms. The highest BCUT2D eigenvalue weighted by atomic mass is 32.1. The zero-order chi connectivity index (χ0) is 77.3. The third-order valence-electron chi connectivity index (χ3n) is 22.7. The number of benzene rings is 18. The molecule has 0 spiro atoms. The van der Waals surface area contributed by atoms with Crippen molar-refractivity contribution >= 4 is 206 Å². The summed E-state index contributed by atoms with van der Waals surface area (Å²) in [5.41, 5.74) is 22.7. The molecule has 0 aliphatic heterocycles. The molecule has 0 aliphatic carbocycles. The van der Waals surface area contributed by atoms with Gasteiger partial charge in [-0.05, 0) is 230 Å². The summed E-state index contributed by atoms with van der Waals surface area (Å²) >= 11 is 5.60. The molecule has 0 bridgehead atoms. The Labute approximate surface area is 689 Å². The van der Waals surface area contributed by atoms with Crippen LogP contribution in [0.5, 0.6) is 0 Å². The molecule has 0 fully saturated rings. The number of nitrogens with zero attached hydrogens (tertiary/aromatic N) is 6. The second-order valence-corrected chi connectivity index (χ2v) is 32.8. The molecule has 23 aromatic rings. The highest BCUT2D eigenvalue weighted by Crippen LogP contribution is 2.49. The minimum absolute atomic E-state index is 1.09. The second-order valence-electron chi connectivity index (χ2n) is 29.6. The summed E-state index contributed by atoms with van der Waals surface area (Å²) in [5.74, 6) is 0. The van der Waals surface area contributed by atoms with Gasteiger partial charge in [0, 0.05) is 162 Å². The fourth-order valence-electron chi connectivity index (χ4n) is 17.3. The smallest absolute Gasteiger partial charge is 0.0548 e. The quantitative estimate of drug-likeness (QED) is 0.102. The number of rotatable bonds is 15. The van der Waals surface area contributed by atoms with Gasteiger partial charge in [0.05, 0.1) is 22.1 Å². The molecule has 552 valence electrons. The van der Waals surface area contributed by atoms with Crippen LogP contribution in [0.25, 0.3) is 127 Å². The Balaban J connectivity index is 0.000000142. The third-order valence-corrected chi connectivity index (χ3v) is 26.1. The van der Waals surface area contributed by atoms with Crippen LogP contribution in [-0.4, -0.2) is 9.13 Å². The van der Waals surface area contributed by atoms with Crippen LogP contribution in [0.2, 0.25) is 0 Å². The van der Waals surface area contributed by atoms with Gasteiger partial charge in [0.15, 0.2) is 0 Å². The van der Waals surface area contributed by atoms with Gasteiger partial charge in [0.2, 0.25) is 0 Å². The van der Waals surface area contributed by atoms with E-state index in [2.05, 4.69) is 466 Å². The molecule has 0 saturated carbocycles. The lowest BCUT2D eigenvalue weighted by atomic mass is 10.0. The van der Waals surface area contributed by atoms with E-state index < -0.39 is 0 Å². The molecule has 0 atom stereocenters. The summed E-state index contributed by atoms with van der Waals surface area (Å²) in [6.45, 7) is 0. The Bertz CT molecular complexity index is 7540. The number of fused-ring (bicyclic) bond motifs is 15. The van der Waals surface area contributed by atoms with Gasteiger partial charge in [-0.25, -0.2) is 0 Å². The first kappa shape index (κ1) is 69.2. The summed E-state index contributed by atoms with van der Waals surface area (Å²) in [6.07, 6.45) is 0. The van der Waals surface area contributed by atoms with E-state index in [1.807, 2.05) is 34.0 Å². The molecule has 0 aliphatic rings. The van der Waals surface area contributed by atoms with Gasteiger partial charge in [0.1, 0.15) is 0 Å². The third kappa shape index (κ3) is 12.5. The van der Waals surface area contributed by atoms with Gasteiger partial charge >= 0.3 is 0 Å². The van der Waals surface area contributed by atoms with Crippen molar-refractivity contribution in [3.8, 4) is 22.5 Å². The van der Waals surface area contributed by atoms with E-state index in [0.717, 1.165) is 85.1 Å². The Kier molecular flexibility index (Phi) is 17.4. The molecule has 5 aromatic heterocycles. The van der Waals surface area contributed by atoms with Crippen LogP contribution in [-0.2, 0) is 0 Å². The van der Waals surface area contributed by atoms with Crippen molar-refractivity contribution in [3.05, 3.63) is 437 Å². The number of hydrogen-bond acceptors (Lipinski definition) is 7. The van der Waals surface area contributed by atoms with Crippen LogP contribution in [0.4, 0.5) is 68.2 Å². The number of para-hydroxylation sites is 6. The van der Waals surface area contributed by atoms with E-state index in [9.17, 15) is 0 Å². The zero-order valence-electron chi connectivity index (χ0n) is 63.5. The van der Waals surface area contributed by atoms with E-state index in [1.54, 1.807) is 0 Å². The normalized spacial score (nSPS) is 11.6. The molecule has 0 saturated heterocycles.